The number of carbonyl (C=O) groups is 3. The van der Waals surface area contributed by atoms with Crippen molar-refractivity contribution in [1.82, 2.24) is 15.1 Å². The van der Waals surface area contributed by atoms with E-state index in [1.165, 1.54) is 24.3 Å². The van der Waals surface area contributed by atoms with Crippen LogP contribution >= 0.6 is 11.3 Å². The van der Waals surface area contributed by atoms with Crippen LogP contribution in [0.2, 0.25) is 0 Å². The third-order valence-electron chi connectivity index (χ3n) is 5.39. The van der Waals surface area contributed by atoms with E-state index in [-0.39, 0.29) is 27.7 Å². The molecule has 2 heterocycles. The van der Waals surface area contributed by atoms with Gasteiger partial charge in [-0.2, -0.15) is 0 Å². The number of hydrogen-bond acceptors (Lipinski definition) is 7. The third-order valence-corrected chi connectivity index (χ3v) is 6.30. The summed E-state index contributed by atoms with van der Waals surface area (Å²) in [7, 11) is 1.56. The molecule has 0 saturated carbocycles. The quantitative estimate of drug-likeness (QED) is 0.555. The molecule has 3 aromatic rings. The van der Waals surface area contributed by atoms with E-state index in [0.717, 1.165) is 11.3 Å². The van der Waals surface area contributed by atoms with Gasteiger partial charge >= 0.3 is 0 Å². The number of methoxy groups -OCH3 is 1. The van der Waals surface area contributed by atoms with Crippen LogP contribution < -0.4 is 15.4 Å². The minimum atomic E-state index is -0.531. The highest BCUT2D eigenvalue weighted by atomic mass is 32.1. The van der Waals surface area contributed by atoms with Crippen molar-refractivity contribution in [3.05, 3.63) is 64.4 Å². The average molecular weight is 484 g/mol. The number of carbonyl (C=O) groups excluding carboxylic acids is 3. The van der Waals surface area contributed by atoms with Gasteiger partial charge in [0.25, 0.3) is 11.8 Å². The minimum absolute atomic E-state index is 0.0280. The summed E-state index contributed by atoms with van der Waals surface area (Å²) in [6.07, 6.45) is 1.02. The van der Waals surface area contributed by atoms with Gasteiger partial charge in [0.2, 0.25) is 15.9 Å². The molecule has 0 spiro atoms. The molecule has 34 heavy (non-hydrogen) atoms. The Bertz CT molecular complexity index is 1190. The van der Waals surface area contributed by atoms with Gasteiger partial charge in [0, 0.05) is 36.4 Å². The Hall–Kier alpha value is -3.86. The van der Waals surface area contributed by atoms with Gasteiger partial charge in [0.1, 0.15) is 11.6 Å². The predicted octanol–water partition coefficient (Wildman–Crippen LogP) is 3.43. The van der Waals surface area contributed by atoms with E-state index < -0.39 is 11.7 Å². The van der Waals surface area contributed by atoms with Crippen molar-refractivity contribution in [2.75, 3.05) is 30.8 Å². The first-order chi connectivity index (χ1) is 16.4. The number of benzene rings is 2. The van der Waals surface area contributed by atoms with Crippen molar-refractivity contribution < 1.29 is 23.5 Å². The zero-order valence-corrected chi connectivity index (χ0v) is 19.1. The molecule has 9 nitrogen and oxygen atoms in total. The summed E-state index contributed by atoms with van der Waals surface area (Å²) in [6.45, 7) is 0.789. The van der Waals surface area contributed by atoms with Gasteiger partial charge in [-0.1, -0.05) is 17.4 Å². The number of nitrogens with one attached hydrogen (secondary N) is 2. The molecule has 4 rings (SSSR count). The monoisotopic (exact) mass is 483 g/mol. The van der Waals surface area contributed by atoms with Gasteiger partial charge in [-0.15, -0.1) is 10.2 Å². The molecule has 1 fully saturated rings. The molecule has 2 aromatic carbocycles. The molecule has 0 aliphatic carbocycles. The maximum atomic E-state index is 13.0. The number of rotatable bonds is 6. The Labute approximate surface area is 198 Å². The van der Waals surface area contributed by atoms with Gasteiger partial charge in [0.15, 0.2) is 0 Å². The lowest BCUT2D eigenvalue weighted by molar-refractivity contribution is -0.121. The van der Waals surface area contributed by atoms with E-state index in [9.17, 15) is 18.8 Å². The number of piperidine rings is 1. The van der Waals surface area contributed by atoms with Crippen LogP contribution in [0, 0.1) is 11.7 Å². The van der Waals surface area contributed by atoms with Crippen molar-refractivity contribution in [3.63, 3.8) is 0 Å². The molecule has 0 bridgehead atoms. The van der Waals surface area contributed by atoms with Gasteiger partial charge in [-0.25, -0.2) is 4.39 Å². The lowest BCUT2D eigenvalue weighted by Crippen LogP contribution is -2.41. The summed E-state index contributed by atoms with van der Waals surface area (Å²) >= 11 is 0.887. The summed E-state index contributed by atoms with van der Waals surface area (Å²) < 4.78 is 18.2. The first kappa shape index (κ1) is 23.3. The zero-order chi connectivity index (χ0) is 24.1. The van der Waals surface area contributed by atoms with E-state index in [1.807, 2.05) is 0 Å². The maximum absolute atomic E-state index is 13.0. The summed E-state index contributed by atoms with van der Waals surface area (Å²) in [6, 6.07) is 12.4. The zero-order valence-electron chi connectivity index (χ0n) is 18.3. The number of amides is 3. The summed E-state index contributed by atoms with van der Waals surface area (Å²) in [5, 5.41) is 13.3. The first-order valence-corrected chi connectivity index (χ1v) is 11.4. The van der Waals surface area contributed by atoms with E-state index in [2.05, 4.69) is 20.8 Å². The van der Waals surface area contributed by atoms with Crippen LogP contribution in [0.15, 0.2) is 48.5 Å². The lowest BCUT2D eigenvalue weighted by atomic mass is 9.95. The highest BCUT2D eigenvalue weighted by Gasteiger charge is 2.30. The molecule has 2 N–H and O–H groups in total. The highest BCUT2D eigenvalue weighted by Crippen LogP contribution is 2.23. The molecule has 1 aromatic heterocycles. The van der Waals surface area contributed by atoms with Crippen LogP contribution in [0.25, 0.3) is 0 Å². The molecule has 1 saturated heterocycles. The van der Waals surface area contributed by atoms with Gasteiger partial charge in [-0.05, 0) is 49.2 Å². The first-order valence-electron chi connectivity index (χ1n) is 10.6. The SMILES string of the molecule is COc1cccc(NC(=O)C2CCN(C(=O)c3nnc(C(=O)Nc4ccc(F)cc4)s3)CC2)c1. The molecule has 0 radical (unpaired) electrons. The fraction of sp³-hybridized carbons (Fsp3) is 0.261. The number of likely N-dealkylation sites (tertiary alicyclic amines) is 1. The third kappa shape index (κ3) is 5.54. The number of ether oxygens (including phenoxy) is 1. The molecule has 0 unspecified atom stereocenters. The minimum Gasteiger partial charge on any atom is -0.497 e. The Morgan fingerprint density at radius 2 is 1.71 bits per heavy atom. The van der Waals surface area contributed by atoms with Crippen molar-refractivity contribution in [3.8, 4) is 5.75 Å². The second-order valence-electron chi connectivity index (χ2n) is 7.66. The molecular formula is C23H22FN5O4S. The second-order valence-corrected chi connectivity index (χ2v) is 8.64. The number of halogens is 1. The van der Waals surface area contributed by atoms with E-state index in [4.69, 9.17) is 4.74 Å². The average Bonchev–Trinajstić information content (AvgIpc) is 3.36. The Morgan fingerprint density at radius 1 is 1.00 bits per heavy atom. The number of aromatic nitrogens is 2. The summed E-state index contributed by atoms with van der Waals surface area (Å²) in [5.41, 5.74) is 1.06. The molecule has 11 heteroatoms. The largest absolute Gasteiger partial charge is 0.497 e. The van der Waals surface area contributed by atoms with E-state index in [1.54, 1.807) is 36.3 Å². The summed E-state index contributed by atoms with van der Waals surface area (Å²) in [5.74, 6) is -0.942. The molecule has 176 valence electrons. The second kappa shape index (κ2) is 10.4. The predicted molar refractivity (Wildman–Crippen MR) is 125 cm³/mol. The lowest BCUT2D eigenvalue weighted by Gasteiger charge is -2.30. The van der Waals surface area contributed by atoms with Gasteiger partial charge < -0.3 is 20.3 Å². The Balaban J connectivity index is 1.30. The standard InChI is InChI=1S/C23H22FN5O4S/c1-33-18-4-2-3-17(13-18)26-19(30)14-9-11-29(12-10-14)23(32)22-28-27-21(34-22)20(31)25-16-7-5-15(24)6-8-16/h2-8,13-14H,9-12H2,1H3,(H,25,31)(H,26,30). The van der Waals surface area contributed by atoms with Crippen LogP contribution in [0.1, 0.15) is 32.4 Å². The normalized spacial score (nSPS) is 13.9. The topological polar surface area (TPSA) is 114 Å². The van der Waals surface area contributed by atoms with Crippen LogP contribution in [-0.4, -0.2) is 53.0 Å². The van der Waals surface area contributed by atoms with Crippen molar-refractivity contribution in [2.24, 2.45) is 5.92 Å². The number of anilines is 2. The Kier molecular flexibility index (Phi) is 7.12. The van der Waals surface area contributed by atoms with Gasteiger partial charge in [0.05, 0.1) is 7.11 Å². The fourth-order valence-electron chi connectivity index (χ4n) is 3.54. The summed E-state index contributed by atoms with van der Waals surface area (Å²) in [4.78, 5) is 39.4. The van der Waals surface area contributed by atoms with E-state index in [0.29, 0.717) is 43.1 Å². The van der Waals surface area contributed by atoms with Crippen molar-refractivity contribution >= 4 is 40.4 Å². The van der Waals surface area contributed by atoms with Crippen LogP contribution in [0.4, 0.5) is 15.8 Å². The fourth-order valence-corrected chi connectivity index (χ4v) is 4.25. The maximum Gasteiger partial charge on any atom is 0.286 e. The number of nitrogens with zero attached hydrogens (tertiary/aromatic N) is 3. The van der Waals surface area contributed by atoms with Crippen molar-refractivity contribution in [2.45, 2.75) is 12.8 Å². The Morgan fingerprint density at radius 3 is 2.41 bits per heavy atom. The van der Waals surface area contributed by atoms with Crippen LogP contribution in [-0.2, 0) is 4.79 Å². The van der Waals surface area contributed by atoms with E-state index >= 15 is 0 Å². The van der Waals surface area contributed by atoms with Gasteiger partial charge in [-0.3, -0.25) is 14.4 Å². The van der Waals surface area contributed by atoms with Crippen LogP contribution in [0.5, 0.6) is 5.75 Å². The molecule has 0 atom stereocenters. The number of hydrogen-bond donors (Lipinski definition) is 2. The molecular weight excluding hydrogens is 461 g/mol. The van der Waals surface area contributed by atoms with Crippen molar-refractivity contribution in [1.29, 1.82) is 0 Å². The molecule has 3 amide bonds. The molecule has 1 aliphatic heterocycles. The molecule has 1 aliphatic rings. The van der Waals surface area contributed by atoms with Crippen LogP contribution in [0.3, 0.4) is 0 Å². The smallest absolute Gasteiger partial charge is 0.286 e. The highest BCUT2D eigenvalue weighted by molar-refractivity contribution is 7.15.